The topological polar surface area (TPSA) is 96.2 Å². The fourth-order valence-corrected chi connectivity index (χ4v) is 3.50. The second kappa shape index (κ2) is 9.99. The first-order chi connectivity index (χ1) is 16.5. The lowest BCUT2D eigenvalue weighted by atomic mass is 10.1. The maximum Gasteiger partial charge on any atom is 0.331 e. The van der Waals surface area contributed by atoms with Gasteiger partial charge in [-0.1, -0.05) is 18.2 Å². The Hall–Kier alpha value is -4.46. The van der Waals surface area contributed by atoms with Crippen molar-refractivity contribution >= 4 is 45.6 Å². The fourth-order valence-electron chi connectivity index (χ4n) is 3.50. The Bertz CT molecular complexity index is 1390. The van der Waals surface area contributed by atoms with Gasteiger partial charge in [-0.3, -0.25) is 4.79 Å². The van der Waals surface area contributed by atoms with Crippen molar-refractivity contribution < 1.29 is 33.0 Å². The minimum Gasteiger partial charge on any atom is -0.497 e. The molecule has 0 fully saturated rings. The summed E-state index contributed by atoms with van der Waals surface area (Å²) in [4.78, 5) is 24.5. The number of para-hydroxylation sites is 1. The van der Waals surface area contributed by atoms with Crippen molar-refractivity contribution in [3.8, 4) is 17.2 Å². The van der Waals surface area contributed by atoms with Crippen LogP contribution in [0.1, 0.15) is 5.56 Å². The van der Waals surface area contributed by atoms with Gasteiger partial charge in [-0.2, -0.15) is 0 Å². The van der Waals surface area contributed by atoms with E-state index in [2.05, 4.69) is 5.32 Å². The van der Waals surface area contributed by atoms with Crippen LogP contribution in [0.2, 0.25) is 0 Å². The van der Waals surface area contributed by atoms with Gasteiger partial charge in [0, 0.05) is 34.5 Å². The van der Waals surface area contributed by atoms with Gasteiger partial charge in [-0.15, -0.1) is 0 Å². The normalized spacial score (nSPS) is 11.0. The molecule has 1 heterocycles. The minimum absolute atomic E-state index is 0.411. The summed E-state index contributed by atoms with van der Waals surface area (Å²) in [6.07, 6.45) is 2.76. The van der Waals surface area contributed by atoms with Crippen molar-refractivity contribution in [1.29, 1.82) is 0 Å². The average molecular weight is 461 g/mol. The third-order valence-electron chi connectivity index (χ3n) is 5.16. The summed E-state index contributed by atoms with van der Waals surface area (Å²) in [6, 6.07) is 16.3. The third-order valence-corrected chi connectivity index (χ3v) is 5.16. The standard InChI is InChI=1S/C26H23NO7/c1-30-17-10-8-16(22(12-17)31-2)9-11-26(29)33-15-25(28)27-20-14-23-19(13-24(20)32-3)18-6-4-5-7-21(18)34-23/h4-14H,15H2,1-3H3,(H,27,28)/b11-9+. The maximum absolute atomic E-state index is 12.4. The summed E-state index contributed by atoms with van der Waals surface area (Å²) in [7, 11) is 4.58. The van der Waals surface area contributed by atoms with Crippen LogP contribution in [0, 0.1) is 0 Å². The number of rotatable bonds is 8. The number of carbonyl (C=O) groups excluding carboxylic acids is 2. The number of hydrogen-bond donors (Lipinski definition) is 1. The van der Waals surface area contributed by atoms with Crippen LogP contribution in [0.25, 0.3) is 28.0 Å². The molecule has 0 spiro atoms. The Labute approximate surface area is 195 Å². The summed E-state index contributed by atoms with van der Waals surface area (Å²) < 4.78 is 26.8. The number of fused-ring (bicyclic) bond motifs is 3. The molecule has 0 bridgehead atoms. The van der Waals surface area contributed by atoms with Gasteiger partial charge in [-0.05, 0) is 30.3 Å². The average Bonchev–Trinajstić information content (AvgIpc) is 3.22. The molecular formula is C26H23NO7. The highest BCUT2D eigenvalue weighted by Crippen LogP contribution is 2.36. The zero-order chi connectivity index (χ0) is 24.1. The van der Waals surface area contributed by atoms with Gasteiger partial charge in [0.05, 0.1) is 27.0 Å². The van der Waals surface area contributed by atoms with Crippen LogP contribution < -0.4 is 19.5 Å². The number of carbonyl (C=O) groups is 2. The minimum atomic E-state index is -0.673. The molecule has 3 aromatic carbocycles. The predicted molar refractivity (Wildman–Crippen MR) is 128 cm³/mol. The zero-order valence-corrected chi connectivity index (χ0v) is 18.9. The number of esters is 1. The molecule has 174 valence electrons. The predicted octanol–water partition coefficient (Wildman–Crippen LogP) is 4.81. The van der Waals surface area contributed by atoms with Crippen LogP contribution >= 0.6 is 0 Å². The summed E-state index contributed by atoms with van der Waals surface area (Å²) in [5.41, 5.74) is 2.41. The van der Waals surface area contributed by atoms with E-state index >= 15 is 0 Å². The lowest BCUT2D eigenvalue weighted by Crippen LogP contribution is -2.20. The molecule has 0 aliphatic carbocycles. The lowest BCUT2D eigenvalue weighted by molar-refractivity contribution is -0.142. The van der Waals surface area contributed by atoms with Crippen LogP contribution in [0.4, 0.5) is 5.69 Å². The molecule has 1 amide bonds. The van der Waals surface area contributed by atoms with Gasteiger partial charge in [0.1, 0.15) is 28.4 Å². The highest BCUT2D eigenvalue weighted by atomic mass is 16.5. The lowest BCUT2D eigenvalue weighted by Gasteiger charge is -2.10. The van der Waals surface area contributed by atoms with E-state index in [9.17, 15) is 9.59 Å². The highest BCUT2D eigenvalue weighted by molar-refractivity contribution is 6.08. The molecule has 0 saturated heterocycles. The number of ether oxygens (including phenoxy) is 4. The second-order valence-corrected chi connectivity index (χ2v) is 7.24. The number of benzene rings is 3. The largest absolute Gasteiger partial charge is 0.497 e. The third kappa shape index (κ3) is 4.80. The van der Waals surface area contributed by atoms with Gasteiger partial charge in [0.2, 0.25) is 0 Å². The summed E-state index contributed by atoms with van der Waals surface area (Å²) in [6.45, 7) is -0.468. The van der Waals surface area contributed by atoms with Gasteiger partial charge in [0.25, 0.3) is 5.91 Å². The van der Waals surface area contributed by atoms with Crippen LogP contribution in [0.15, 0.2) is 65.1 Å². The second-order valence-electron chi connectivity index (χ2n) is 7.24. The molecule has 8 nitrogen and oxygen atoms in total. The zero-order valence-electron chi connectivity index (χ0n) is 18.9. The molecule has 0 aliphatic heterocycles. The molecule has 0 atom stereocenters. The van der Waals surface area contributed by atoms with Crippen molar-refractivity contribution in [1.82, 2.24) is 0 Å². The van der Waals surface area contributed by atoms with E-state index in [4.69, 9.17) is 23.4 Å². The molecule has 4 rings (SSSR count). The molecule has 1 N–H and O–H groups in total. The van der Waals surface area contributed by atoms with E-state index < -0.39 is 18.5 Å². The van der Waals surface area contributed by atoms with E-state index in [1.807, 2.05) is 24.3 Å². The van der Waals surface area contributed by atoms with Crippen LogP contribution in [-0.4, -0.2) is 39.8 Å². The van der Waals surface area contributed by atoms with Crippen molar-refractivity contribution in [3.05, 3.63) is 66.2 Å². The molecule has 0 radical (unpaired) electrons. The first-order valence-electron chi connectivity index (χ1n) is 10.4. The molecular weight excluding hydrogens is 438 g/mol. The highest BCUT2D eigenvalue weighted by Gasteiger charge is 2.15. The molecule has 4 aromatic rings. The van der Waals surface area contributed by atoms with Crippen LogP contribution in [0.3, 0.4) is 0 Å². The molecule has 0 aliphatic rings. The van der Waals surface area contributed by atoms with E-state index in [1.54, 1.807) is 37.4 Å². The fraction of sp³-hybridized carbons (Fsp3) is 0.154. The van der Waals surface area contributed by atoms with Gasteiger partial charge >= 0.3 is 5.97 Å². The SMILES string of the molecule is COc1ccc(/C=C/C(=O)OCC(=O)Nc2cc3oc4ccccc4c3cc2OC)c(OC)c1. The Balaban J connectivity index is 1.41. The smallest absolute Gasteiger partial charge is 0.331 e. The Morgan fingerprint density at radius 2 is 1.68 bits per heavy atom. The first-order valence-corrected chi connectivity index (χ1v) is 10.4. The first kappa shape index (κ1) is 22.7. The molecule has 0 saturated carbocycles. The van der Waals surface area contributed by atoms with Crippen molar-refractivity contribution in [2.24, 2.45) is 0 Å². The van der Waals surface area contributed by atoms with Crippen molar-refractivity contribution in [2.75, 3.05) is 33.3 Å². The van der Waals surface area contributed by atoms with Crippen LogP contribution in [-0.2, 0) is 14.3 Å². The number of methoxy groups -OCH3 is 3. The monoisotopic (exact) mass is 461 g/mol. The Morgan fingerprint density at radius 3 is 2.44 bits per heavy atom. The molecule has 8 heteroatoms. The van der Waals surface area contributed by atoms with E-state index in [0.717, 1.165) is 16.4 Å². The quantitative estimate of drug-likeness (QED) is 0.297. The van der Waals surface area contributed by atoms with E-state index in [1.165, 1.54) is 26.4 Å². The number of furan rings is 1. The van der Waals surface area contributed by atoms with Gasteiger partial charge in [0.15, 0.2) is 6.61 Å². The van der Waals surface area contributed by atoms with Crippen molar-refractivity contribution in [3.63, 3.8) is 0 Å². The molecule has 0 unspecified atom stereocenters. The number of amides is 1. The summed E-state index contributed by atoms with van der Waals surface area (Å²) >= 11 is 0. The van der Waals surface area contributed by atoms with Gasteiger partial charge < -0.3 is 28.7 Å². The van der Waals surface area contributed by atoms with Crippen LogP contribution in [0.5, 0.6) is 17.2 Å². The summed E-state index contributed by atoms with van der Waals surface area (Å²) in [5.74, 6) is 0.439. The summed E-state index contributed by atoms with van der Waals surface area (Å²) in [5, 5.41) is 4.52. The number of anilines is 1. The number of hydrogen-bond acceptors (Lipinski definition) is 7. The number of nitrogens with one attached hydrogen (secondary N) is 1. The molecule has 34 heavy (non-hydrogen) atoms. The Kier molecular flexibility index (Phi) is 6.68. The van der Waals surface area contributed by atoms with Gasteiger partial charge in [-0.25, -0.2) is 4.79 Å². The Morgan fingerprint density at radius 1 is 0.882 bits per heavy atom. The maximum atomic E-state index is 12.4. The van der Waals surface area contributed by atoms with E-state index in [-0.39, 0.29) is 0 Å². The van der Waals surface area contributed by atoms with E-state index in [0.29, 0.717) is 34.1 Å². The molecule has 1 aromatic heterocycles. The van der Waals surface area contributed by atoms with Crippen molar-refractivity contribution in [2.45, 2.75) is 0 Å².